The SMILES string of the molecule is CCC(C)[C@H](Nc1ccc(C(=O)NCCC(=O)O)cc1)c1ccc(-c2nnc(C(F)(F)F)o2)cc1. The lowest BCUT2D eigenvalue weighted by Crippen LogP contribution is -2.26. The Kier molecular flexibility index (Phi) is 8.10. The van der Waals surface area contributed by atoms with Crippen molar-refractivity contribution in [2.45, 2.75) is 38.9 Å². The number of carbonyl (C=O) groups is 2. The third-order valence-corrected chi connectivity index (χ3v) is 5.49. The highest BCUT2D eigenvalue weighted by Crippen LogP contribution is 2.32. The average Bonchev–Trinajstić information content (AvgIpc) is 3.33. The number of rotatable bonds is 10. The molecule has 0 aliphatic rings. The Bertz CT molecular complexity index is 1140. The van der Waals surface area contributed by atoms with Gasteiger partial charge in [0.1, 0.15) is 0 Å². The predicted molar refractivity (Wildman–Crippen MR) is 122 cm³/mol. The maximum atomic E-state index is 12.7. The van der Waals surface area contributed by atoms with Crippen LogP contribution >= 0.6 is 0 Å². The fourth-order valence-electron chi connectivity index (χ4n) is 3.36. The van der Waals surface area contributed by atoms with Gasteiger partial charge in [-0.05, 0) is 47.9 Å². The Morgan fingerprint density at radius 2 is 1.71 bits per heavy atom. The molecule has 2 atom stereocenters. The fraction of sp³-hybridized carbons (Fsp3) is 0.333. The fourth-order valence-corrected chi connectivity index (χ4v) is 3.36. The lowest BCUT2D eigenvalue weighted by atomic mass is 9.91. The monoisotopic (exact) mass is 490 g/mol. The number of carbonyl (C=O) groups excluding carboxylic acids is 1. The number of amides is 1. The Hall–Kier alpha value is -3.89. The van der Waals surface area contributed by atoms with Crippen molar-refractivity contribution in [3.8, 4) is 11.5 Å². The minimum atomic E-state index is -4.70. The minimum absolute atomic E-state index is 0.0430. The molecule has 0 fully saturated rings. The number of aromatic nitrogens is 2. The number of carboxylic acids is 1. The van der Waals surface area contributed by atoms with E-state index in [1.807, 2.05) is 0 Å². The van der Waals surface area contributed by atoms with Gasteiger partial charge in [-0.3, -0.25) is 9.59 Å². The molecule has 0 saturated heterocycles. The van der Waals surface area contributed by atoms with E-state index in [1.165, 1.54) is 0 Å². The summed E-state index contributed by atoms with van der Waals surface area (Å²) in [5.41, 5.74) is 2.46. The van der Waals surface area contributed by atoms with Crippen LogP contribution in [0.2, 0.25) is 0 Å². The van der Waals surface area contributed by atoms with Gasteiger partial charge in [-0.1, -0.05) is 32.4 Å². The van der Waals surface area contributed by atoms with Crippen LogP contribution in [-0.2, 0) is 11.0 Å². The first kappa shape index (κ1) is 25.7. The van der Waals surface area contributed by atoms with Crippen LogP contribution in [-0.4, -0.2) is 33.7 Å². The number of hydrogen-bond donors (Lipinski definition) is 3. The normalized spacial score (nSPS) is 13.2. The van der Waals surface area contributed by atoms with Gasteiger partial charge in [0, 0.05) is 23.4 Å². The van der Waals surface area contributed by atoms with E-state index in [0.717, 1.165) is 17.7 Å². The van der Waals surface area contributed by atoms with E-state index >= 15 is 0 Å². The van der Waals surface area contributed by atoms with E-state index < -0.39 is 18.0 Å². The summed E-state index contributed by atoms with van der Waals surface area (Å²) in [6.07, 6.45) is -4.00. The molecule has 1 unspecified atom stereocenters. The van der Waals surface area contributed by atoms with Crippen molar-refractivity contribution in [3.05, 3.63) is 65.5 Å². The van der Waals surface area contributed by atoms with Gasteiger partial charge < -0.3 is 20.2 Å². The van der Waals surface area contributed by atoms with E-state index in [0.29, 0.717) is 11.1 Å². The van der Waals surface area contributed by atoms with Crippen molar-refractivity contribution >= 4 is 17.6 Å². The van der Waals surface area contributed by atoms with Crippen LogP contribution in [0, 0.1) is 5.92 Å². The topological polar surface area (TPSA) is 117 Å². The first-order valence-electron chi connectivity index (χ1n) is 11.0. The van der Waals surface area contributed by atoms with Gasteiger partial charge in [-0.2, -0.15) is 13.2 Å². The van der Waals surface area contributed by atoms with Crippen molar-refractivity contribution in [3.63, 3.8) is 0 Å². The standard InChI is InChI=1S/C24H25F3N4O4/c1-3-14(2)20(29-18-10-8-16(9-11-18)21(34)28-13-12-19(32)33)15-4-6-17(7-5-15)22-30-31-23(35-22)24(25,26)27/h4-11,14,20,29H,3,12-13H2,1-2H3,(H,28,34)(H,32,33)/t14?,20-/m0/s1. The molecule has 1 heterocycles. The number of alkyl halides is 3. The highest BCUT2D eigenvalue weighted by molar-refractivity contribution is 5.94. The number of carboxylic acid groups (broad SMARTS) is 1. The van der Waals surface area contributed by atoms with Crippen LogP contribution in [0.1, 0.15) is 54.5 Å². The van der Waals surface area contributed by atoms with E-state index in [-0.39, 0.29) is 36.7 Å². The van der Waals surface area contributed by atoms with Gasteiger partial charge in [0.15, 0.2) is 0 Å². The second-order valence-electron chi connectivity index (χ2n) is 8.02. The Morgan fingerprint density at radius 3 is 2.26 bits per heavy atom. The molecule has 0 bridgehead atoms. The maximum Gasteiger partial charge on any atom is 0.470 e. The quantitative estimate of drug-likeness (QED) is 0.359. The van der Waals surface area contributed by atoms with Crippen LogP contribution in [0.5, 0.6) is 0 Å². The summed E-state index contributed by atoms with van der Waals surface area (Å²) in [6.45, 7) is 4.17. The Morgan fingerprint density at radius 1 is 1.06 bits per heavy atom. The molecule has 3 aromatic rings. The highest BCUT2D eigenvalue weighted by Gasteiger charge is 2.38. The average molecular weight is 490 g/mol. The number of hydrogen-bond acceptors (Lipinski definition) is 6. The third kappa shape index (κ3) is 6.81. The van der Waals surface area contributed by atoms with Crippen LogP contribution in [0.4, 0.5) is 18.9 Å². The molecule has 3 rings (SSSR count). The second kappa shape index (κ2) is 11.0. The summed E-state index contributed by atoms with van der Waals surface area (Å²) in [5, 5.41) is 21.2. The summed E-state index contributed by atoms with van der Waals surface area (Å²) in [5.74, 6) is -2.75. The zero-order valence-electron chi connectivity index (χ0n) is 19.1. The van der Waals surface area contributed by atoms with Crippen LogP contribution in [0.25, 0.3) is 11.5 Å². The number of nitrogens with one attached hydrogen (secondary N) is 2. The number of nitrogens with zero attached hydrogens (tertiary/aromatic N) is 2. The molecule has 0 spiro atoms. The summed E-state index contributed by atoms with van der Waals surface area (Å²) < 4.78 is 42.9. The third-order valence-electron chi connectivity index (χ3n) is 5.49. The molecule has 1 aromatic heterocycles. The van der Waals surface area contributed by atoms with Crippen molar-refractivity contribution in [1.29, 1.82) is 0 Å². The smallest absolute Gasteiger partial charge is 0.470 e. The molecule has 35 heavy (non-hydrogen) atoms. The van der Waals surface area contributed by atoms with Crippen LogP contribution in [0.3, 0.4) is 0 Å². The molecule has 11 heteroatoms. The first-order chi connectivity index (χ1) is 16.6. The zero-order chi connectivity index (χ0) is 25.6. The van der Waals surface area contributed by atoms with Gasteiger partial charge in [0.05, 0.1) is 12.5 Å². The Labute approximate surface area is 199 Å². The number of anilines is 1. The van der Waals surface area contributed by atoms with E-state index in [1.54, 1.807) is 48.5 Å². The molecule has 0 radical (unpaired) electrons. The summed E-state index contributed by atoms with van der Waals surface area (Å²) in [6, 6.07) is 13.5. The second-order valence-corrected chi connectivity index (χ2v) is 8.02. The van der Waals surface area contributed by atoms with Crippen molar-refractivity contribution < 1.29 is 32.3 Å². The van der Waals surface area contributed by atoms with E-state index in [4.69, 9.17) is 9.52 Å². The van der Waals surface area contributed by atoms with Gasteiger partial charge >= 0.3 is 18.0 Å². The van der Waals surface area contributed by atoms with E-state index in [2.05, 4.69) is 34.7 Å². The van der Waals surface area contributed by atoms with Crippen LogP contribution in [0.15, 0.2) is 52.9 Å². The first-order valence-corrected chi connectivity index (χ1v) is 11.0. The lowest BCUT2D eigenvalue weighted by molar-refractivity contribution is -0.157. The van der Waals surface area contributed by atoms with Crippen molar-refractivity contribution in [2.24, 2.45) is 5.92 Å². The molecule has 0 aliphatic heterocycles. The van der Waals surface area contributed by atoms with Gasteiger partial charge in [0.25, 0.3) is 5.91 Å². The predicted octanol–water partition coefficient (Wildman–Crippen LogP) is 5.16. The Balaban J connectivity index is 1.72. The lowest BCUT2D eigenvalue weighted by Gasteiger charge is -2.26. The van der Waals surface area contributed by atoms with Gasteiger partial charge in [0.2, 0.25) is 5.89 Å². The largest absolute Gasteiger partial charge is 0.481 e. The minimum Gasteiger partial charge on any atom is -0.481 e. The summed E-state index contributed by atoms with van der Waals surface area (Å²) in [7, 11) is 0. The van der Waals surface area contributed by atoms with Gasteiger partial charge in [-0.15, -0.1) is 10.2 Å². The number of aliphatic carboxylic acids is 1. The molecular formula is C24H25F3N4O4. The molecule has 0 saturated carbocycles. The molecular weight excluding hydrogens is 465 g/mol. The molecule has 3 N–H and O–H groups in total. The van der Waals surface area contributed by atoms with Crippen molar-refractivity contribution in [1.82, 2.24) is 15.5 Å². The van der Waals surface area contributed by atoms with Crippen LogP contribution < -0.4 is 10.6 Å². The molecule has 2 aromatic carbocycles. The van der Waals surface area contributed by atoms with Crippen molar-refractivity contribution in [2.75, 3.05) is 11.9 Å². The number of benzene rings is 2. The molecule has 1 amide bonds. The highest BCUT2D eigenvalue weighted by atomic mass is 19.4. The van der Waals surface area contributed by atoms with Gasteiger partial charge in [-0.25, -0.2) is 0 Å². The maximum absolute atomic E-state index is 12.7. The molecule has 8 nitrogen and oxygen atoms in total. The summed E-state index contributed by atoms with van der Waals surface area (Å²) in [4.78, 5) is 22.7. The zero-order valence-corrected chi connectivity index (χ0v) is 19.1. The summed E-state index contributed by atoms with van der Waals surface area (Å²) >= 11 is 0. The molecule has 186 valence electrons. The van der Waals surface area contributed by atoms with E-state index in [9.17, 15) is 22.8 Å². The molecule has 0 aliphatic carbocycles. The number of halogens is 3.